The van der Waals surface area contributed by atoms with Gasteiger partial charge in [0.2, 0.25) is 5.91 Å². The van der Waals surface area contributed by atoms with E-state index in [1.807, 2.05) is 51.6 Å². The van der Waals surface area contributed by atoms with Gasteiger partial charge in [-0.25, -0.2) is 4.98 Å². The van der Waals surface area contributed by atoms with Gasteiger partial charge in [0.05, 0.1) is 18.4 Å². The van der Waals surface area contributed by atoms with E-state index in [0.717, 1.165) is 23.1 Å². The molecule has 6 heteroatoms. The van der Waals surface area contributed by atoms with Crippen molar-refractivity contribution in [2.24, 2.45) is 5.92 Å². The molecule has 1 unspecified atom stereocenters. The zero-order valence-corrected chi connectivity index (χ0v) is 19.5. The molecular weight excluding hydrogens is 412 g/mol. The lowest BCUT2D eigenvalue weighted by Gasteiger charge is -2.25. The van der Waals surface area contributed by atoms with Crippen molar-refractivity contribution in [3.05, 3.63) is 78.4 Å². The molecule has 0 radical (unpaired) electrons. The molecule has 6 nitrogen and oxygen atoms in total. The van der Waals surface area contributed by atoms with Crippen LogP contribution in [0.3, 0.4) is 0 Å². The molecule has 1 aliphatic heterocycles. The SMILES string of the molecule is CCCN1CCN(C(=O)c2cncn2CC)CC(Cc2ccccc2-c2ccccc2)C1=O. The third kappa shape index (κ3) is 5.00. The molecule has 172 valence electrons. The number of hydrogen-bond acceptors (Lipinski definition) is 3. The maximum absolute atomic E-state index is 13.5. The zero-order chi connectivity index (χ0) is 23.2. The van der Waals surface area contributed by atoms with E-state index in [1.54, 1.807) is 12.5 Å². The second-order valence-electron chi connectivity index (χ2n) is 8.57. The first kappa shape index (κ1) is 22.8. The van der Waals surface area contributed by atoms with Crippen LogP contribution < -0.4 is 0 Å². The fourth-order valence-corrected chi connectivity index (χ4v) is 4.65. The normalized spacial score (nSPS) is 16.7. The minimum Gasteiger partial charge on any atom is -0.341 e. The average molecular weight is 445 g/mol. The number of amides is 2. The molecule has 4 rings (SSSR count). The Balaban J connectivity index is 1.64. The Hall–Kier alpha value is -3.41. The lowest BCUT2D eigenvalue weighted by molar-refractivity contribution is -0.134. The zero-order valence-electron chi connectivity index (χ0n) is 19.5. The van der Waals surface area contributed by atoms with Crippen LogP contribution in [0.4, 0.5) is 0 Å². The second-order valence-corrected chi connectivity index (χ2v) is 8.57. The van der Waals surface area contributed by atoms with E-state index >= 15 is 0 Å². The summed E-state index contributed by atoms with van der Waals surface area (Å²) in [6, 6.07) is 18.5. The Kier molecular flexibility index (Phi) is 7.23. The summed E-state index contributed by atoms with van der Waals surface area (Å²) in [6.07, 6.45) is 4.81. The van der Waals surface area contributed by atoms with Crippen LogP contribution in [-0.4, -0.2) is 57.3 Å². The van der Waals surface area contributed by atoms with E-state index in [2.05, 4.69) is 36.2 Å². The lowest BCUT2D eigenvalue weighted by Crippen LogP contribution is -2.38. The highest BCUT2D eigenvalue weighted by molar-refractivity contribution is 5.93. The maximum atomic E-state index is 13.5. The monoisotopic (exact) mass is 444 g/mol. The summed E-state index contributed by atoms with van der Waals surface area (Å²) in [5, 5.41) is 0. The van der Waals surface area contributed by atoms with Gasteiger partial charge >= 0.3 is 0 Å². The van der Waals surface area contributed by atoms with Crippen LogP contribution in [0.15, 0.2) is 67.1 Å². The highest BCUT2D eigenvalue weighted by Crippen LogP contribution is 2.27. The molecular formula is C27H32N4O2. The van der Waals surface area contributed by atoms with Crippen molar-refractivity contribution in [3.8, 4) is 11.1 Å². The quantitative estimate of drug-likeness (QED) is 0.551. The molecule has 1 atom stereocenters. The predicted molar refractivity (Wildman–Crippen MR) is 130 cm³/mol. The fourth-order valence-electron chi connectivity index (χ4n) is 4.65. The lowest BCUT2D eigenvalue weighted by atomic mass is 9.91. The minimum absolute atomic E-state index is 0.0538. The Labute approximate surface area is 195 Å². The molecule has 0 spiro atoms. The number of carbonyl (C=O) groups excluding carboxylic acids is 2. The Bertz CT molecular complexity index is 1090. The van der Waals surface area contributed by atoms with Gasteiger partial charge in [-0.3, -0.25) is 9.59 Å². The van der Waals surface area contributed by atoms with Crippen LogP contribution in [0, 0.1) is 5.92 Å². The van der Waals surface area contributed by atoms with Gasteiger partial charge in [0, 0.05) is 32.7 Å². The molecule has 0 bridgehead atoms. The Morgan fingerprint density at radius 3 is 2.55 bits per heavy atom. The second kappa shape index (κ2) is 10.5. The van der Waals surface area contributed by atoms with Gasteiger partial charge < -0.3 is 14.4 Å². The molecule has 1 aliphatic rings. The number of hydrogen-bond donors (Lipinski definition) is 0. The third-order valence-corrected chi connectivity index (χ3v) is 6.36. The van der Waals surface area contributed by atoms with Gasteiger partial charge in [0.15, 0.2) is 0 Å². The van der Waals surface area contributed by atoms with Crippen molar-refractivity contribution in [3.63, 3.8) is 0 Å². The summed E-state index contributed by atoms with van der Waals surface area (Å²) in [6.45, 7) is 6.99. The van der Waals surface area contributed by atoms with Crippen molar-refractivity contribution in [2.45, 2.75) is 33.2 Å². The Morgan fingerprint density at radius 1 is 1.03 bits per heavy atom. The van der Waals surface area contributed by atoms with Gasteiger partial charge in [-0.2, -0.15) is 0 Å². The van der Waals surface area contributed by atoms with E-state index in [0.29, 0.717) is 44.8 Å². The molecule has 1 fully saturated rings. The van der Waals surface area contributed by atoms with Gasteiger partial charge in [0.25, 0.3) is 5.91 Å². The average Bonchev–Trinajstić information content (AvgIpc) is 3.28. The van der Waals surface area contributed by atoms with E-state index in [1.165, 1.54) is 0 Å². The molecule has 2 heterocycles. The van der Waals surface area contributed by atoms with Crippen molar-refractivity contribution >= 4 is 11.8 Å². The first-order valence-corrected chi connectivity index (χ1v) is 11.8. The Morgan fingerprint density at radius 2 is 1.79 bits per heavy atom. The predicted octanol–water partition coefficient (Wildman–Crippen LogP) is 4.12. The summed E-state index contributed by atoms with van der Waals surface area (Å²) in [5.74, 6) is -0.202. The van der Waals surface area contributed by atoms with E-state index in [9.17, 15) is 9.59 Å². The standard InChI is InChI=1S/C27H32N4O2/c1-3-14-30-15-16-31(27(33)25-18-28-20-29(25)4-2)19-23(26(30)32)17-22-12-8-9-13-24(22)21-10-6-5-7-11-21/h5-13,18,20,23H,3-4,14-17,19H2,1-2H3. The number of aryl methyl sites for hydroxylation is 1. The molecule has 2 amide bonds. The van der Waals surface area contributed by atoms with Gasteiger partial charge in [-0.05, 0) is 36.5 Å². The molecule has 2 aromatic carbocycles. The number of imidazole rings is 1. The van der Waals surface area contributed by atoms with E-state index < -0.39 is 0 Å². The van der Waals surface area contributed by atoms with Crippen LogP contribution in [-0.2, 0) is 17.8 Å². The molecule has 1 aromatic heterocycles. The smallest absolute Gasteiger partial charge is 0.272 e. The van der Waals surface area contributed by atoms with Gasteiger partial charge in [0.1, 0.15) is 5.69 Å². The molecule has 33 heavy (non-hydrogen) atoms. The molecule has 0 aliphatic carbocycles. The first-order chi connectivity index (χ1) is 16.1. The molecule has 3 aromatic rings. The fraction of sp³-hybridized carbons (Fsp3) is 0.370. The molecule has 0 saturated carbocycles. The van der Waals surface area contributed by atoms with Gasteiger partial charge in [-0.15, -0.1) is 0 Å². The third-order valence-electron chi connectivity index (χ3n) is 6.36. The highest BCUT2D eigenvalue weighted by Gasteiger charge is 2.33. The summed E-state index contributed by atoms with van der Waals surface area (Å²) in [5.41, 5.74) is 3.99. The summed E-state index contributed by atoms with van der Waals surface area (Å²) in [7, 11) is 0. The van der Waals surface area contributed by atoms with Crippen molar-refractivity contribution in [1.82, 2.24) is 19.4 Å². The van der Waals surface area contributed by atoms with Crippen molar-refractivity contribution < 1.29 is 9.59 Å². The number of rotatable bonds is 7. The largest absolute Gasteiger partial charge is 0.341 e. The van der Waals surface area contributed by atoms with Crippen molar-refractivity contribution in [1.29, 1.82) is 0 Å². The van der Waals surface area contributed by atoms with Crippen LogP contribution in [0.5, 0.6) is 0 Å². The summed E-state index contributed by atoms with van der Waals surface area (Å²) < 4.78 is 1.86. The number of nitrogens with zero attached hydrogens (tertiary/aromatic N) is 4. The molecule has 0 N–H and O–H groups in total. The van der Waals surface area contributed by atoms with Crippen molar-refractivity contribution in [2.75, 3.05) is 26.2 Å². The number of carbonyl (C=O) groups is 2. The topological polar surface area (TPSA) is 58.4 Å². The minimum atomic E-state index is -0.286. The number of aromatic nitrogens is 2. The maximum Gasteiger partial charge on any atom is 0.272 e. The highest BCUT2D eigenvalue weighted by atomic mass is 16.2. The van der Waals surface area contributed by atoms with Gasteiger partial charge in [-0.1, -0.05) is 61.5 Å². The van der Waals surface area contributed by atoms with E-state index in [4.69, 9.17) is 0 Å². The van der Waals surface area contributed by atoms with E-state index in [-0.39, 0.29) is 17.7 Å². The first-order valence-electron chi connectivity index (χ1n) is 11.8. The van der Waals surface area contributed by atoms with Crippen LogP contribution in [0.1, 0.15) is 36.3 Å². The van der Waals surface area contributed by atoms with Crippen LogP contribution in [0.2, 0.25) is 0 Å². The van der Waals surface area contributed by atoms with Crippen LogP contribution >= 0.6 is 0 Å². The summed E-state index contributed by atoms with van der Waals surface area (Å²) >= 11 is 0. The van der Waals surface area contributed by atoms with Crippen LogP contribution in [0.25, 0.3) is 11.1 Å². The number of benzene rings is 2. The summed E-state index contributed by atoms with van der Waals surface area (Å²) in [4.78, 5) is 34.9. The molecule has 1 saturated heterocycles.